The maximum absolute atomic E-state index is 11.3. The smallest absolute Gasteiger partial charge is 0.258 e. The molecule has 1 aromatic rings. The fourth-order valence-corrected chi connectivity index (χ4v) is 1.27. The Bertz CT molecular complexity index is 389. The molecule has 0 aliphatic heterocycles. The summed E-state index contributed by atoms with van der Waals surface area (Å²) in [6.45, 7) is 5.85. The molecule has 0 saturated carbocycles. The summed E-state index contributed by atoms with van der Waals surface area (Å²) in [4.78, 5) is 11.3. The summed E-state index contributed by atoms with van der Waals surface area (Å²) in [7, 11) is 0. The van der Waals surface area contributed by atoms with Crippen LogP contribution in [0.15, 0.2) is 36.9 Å². The van der Waals surface area contributed by atoms with Gasteiger partial charge in [0.2, 0.25) is 0 Å². The quantitative estimate of drug-likeness (QED) is 0.731. The lowest BCUT2D eigenvalue weighted by Crippen LogP contribution is -2.28. The summed E-state index contributed by atoms with van der Waals surface area (Å²) < 4.78 is 5.35. The number of nitrogens with two attached hydrogens (primary N) is 1. The molecule has 1 aromatic carbocycles. The van der Waals surface area contributed by atoms with Crippen LogP contribution in [-0.4, -0.2) is 19.1 Å². The van der Waals surface area contributed by atoms with Gasteiger partial charge in [-0.3, -0.25) is 4.79 Å². The minimum absolute atomic E-state index is 0.00372. The summed E-state index contributed by atoms with van der Waals surface area (Å²) in [5, 5.41) is 2.63. The molecule has 4 nitrogen and oxygen atoms in total. The first kappa shape index (κ1) is 13.3. The maximum Gasteiger partial charge on any atom is 0.258 e. The summed E-state index contributed by atoms with van der Waals surface area (Å²) in [5.41, 5.74) is 6.74. The number of carbonyl (C=O) groups excluding carboxylic acids is 1. The third kappa shape index (κ3) is 4.70. The molecule has 1 amide bonds. The van der Waals surface area contributed by atoms with Crippen LogP contribution in [0.4, 0.5) is 0 Å². The van der Waals surface area contributed by atoms with Crippen LogP contribution >= 0.6 is 0 Å². The van der Waals surface area contributed by atoms with E-state index in [1.54, 1.807) is 12.1 Å². The Labute approximate surface area is 101 Å². The average Bonchev–Trinajstić information content (AvgIpc) is 2.34. The van der Waals surface area contributed by atoms with Crippen molar-refractivity contribution in [2.24, 2.45) is 5.73 Å². The molecular weight excluding hydrogens is 216 g/mol. The topological polar surface area (TPSA) is 64.3 Å². The summed E-state index contributed by atoms with van der Waals surface area (Å²) in [6.07, 6.45) is 1.62. The second-order valence-corrected chi connectivity index (χ2v) is 3.74. The third-order valence-corrected chi connectivity index (χ3v) is 2.20. The number of carbonyl (C=O) groups is 1. The molecule has 0 saturated heterocycles. The van der Waals surface area contributed by atoms with Gasteiger partial charge in [-0.15, -0.1) is 6.58 Å². The highest BCUT2D eigenvalue weighted by molar-refractivity contribution is 5.77. The van der Waals surface area contributed by atoms with E-state index in [9.17, 15) is 4.79 Å². The van der Waals surface area contributed by atoms with E-state index in [0.29, 0.717) is 12.3 Å². The molecule has 17 heavy (non-hydrogen) atoms. The van der Waals surface area contributed by atoms with Crippen LogP contribution in [-0.2, 0) is 4.79 Å². The Hall–Kier alpha value is -1.81. The van der Waals surface area contributed by atoms with Gasteiger partial charge in [0, 0.05) is 12.6 Å². The van der Waals surface area contributed by atoms with Crippen LogP contribution in [0.1, 0.15) is 18.5 Å². The lowest BCUT2D eigenvalue weighted by molar-refractivity contribution is -0.122. The summed E-state index contributed by atoms with van der Waals surface area (Å²) in [6, 6.07) is 7.37. The van der Waals surface area contributed by atoms with Crippen LogP contribution in [0.3, 0.4) is 0 Å². The number of hydrogen-bond acceptors (Lipinski definition) is 3. The molecule has 0 aliphatic carbocycles. The van der Waals surface area contributed by atoms with Gasteiger partial charge in [-0.2, -0.15) is 0 Å². The van der Waals surface area contributed by atoms with Gasteiger partial charge >= 0.3 is 0 Å². The van der Waals surface area contributed by atoms with Crippen molar-refractivity contribution in [3.63, 3.8) is 0 Å². The van der Waals surface area contributed by atoms with Crippen molar-refractivity contribution >= 4 is 5.91 Å². The highest BCUT2D eigenvalue weighted by Gasteiger charge is 2.03. The molecule has 0 spiro atoms. The Morgan fingerprint density at radius 3 is 3.06 bits per heavy atom. The number of amides is 1. The molecule has 1 unspecified atom stereocenters. The Morgan fingerprint density at radius 1 is 1.65 bits per heavy atom. The van der Waals surface area contributed by atoms with Crippen molar-refractivity contribution < 1.29 is 9.53 Å². The van der Waals surface area contributed by atoms with Crippen molar-refractivity contribution in [3.8, 4) is 5.75 Å². The molecule has 1 atom stereocenters. The van der Waals surface area contributed by atoms with Gasteiger partial charge in [-0.05, 0) is 24.6 Å². The van der Waals surface area contributed by atoms with Gasteiger partial charge < -0.3 is 15.8 Å². The fourth-order valence-electron chi connectivity index (χ4n) is 1.27. The van der Waals surface area contributed by atoms with Gasteiger partial charge in [0.15, 0.2) is 6.61 Å². The standard InChI is InChI=1S/C13H18N2O2/c1-3-7-15-13(16)9-17-12-6-4-5-11(8-12)10(2)14/h3-6,8,10H,1,7,9,14H2,2H3,(H,15,16). The Balaban J connectivity index is 2.48. The number of rotatable bonds is 6. The second kappa shape index (κ2) is 6.70. The molecule has 1 rings (SSSR count). The number of benzene rings is 1. The van der Waals surface area contributed by atoms with E-state index in [-0.39, 0.29) is 18.6 Å². The monoisotopic (exact) mass is 234 g/mol. The van der Waals surface area contributed by atoms with Gasteiger partial charge in [-0.25, -0.2) is 0 Å². The first-order valence-electron chi connectivity index (χ1n) is 5.49. The minimum Gasteiger partial charge on any atom is -0.484 e. The zero-order valence-electron chi connectivity index (χ0n) is 9.98. The van der Waals surface area contributed by atoms with Crippen molar-refractivity contribution in [3.05, 3.63) is 42.5 Å². The van der Waals surface area contributed by atoms with Crippen LogP contribution in [0.25, 0.3) is 0 Å². The molecule has 4 heteroatoms. The zero-order chi connectivity index (χ0) is 12.7. The van der Waals surface area contributed by atoms with E-state index in [1.807, 2.05) is 25.1 Å². The maximum atomic E-state index is 11.3. The number of hydrogen-bond donors (Lipinski definition) is 2. The van der Waals surface area contributed by atoms with E-state index in [0.717, 1.165) is 5.56 Å². The predicted molar refractivity (Wildman–Crippen MR) is 67.7 cm³/mol. The summed E-state index contributed by atoms with van der Waals surface area (Å²) in [5.74, 6) is 0.477. The van der Waals surface area contributed by atoms with E-state index in [4.69, 9.17) is 10.5 Å². The predicted octanol–water partition coefficient (Wildman–Crippen LogP) is 1.39. The average molecular weight is 234 g/mol. The molecule has 3 N–H and O–H groups in total. The molecule has 0 bridgehead atoms. The van der Waals surface area contributed by atoms with Crippen LogP contribution in [0, 0.1) is 0 Å². The van der Waals surface area contributed by atoms with Crippen molar-refractivity contribution in [1.82, 2.24) is 5.32 Å². The largest absolute Gasteiger partial charge is 0.484 e. The second-order valence-electron chi connectivity index (χ2n) is 3.74. The van der Waals surface area contributed by atoms with Gasteiger partial charge in [0.1, 0.15) is 5.75 Å². The first-order chi connectivity index (χ1) is 8.13. The fraction of sp³-hybridized carbons (Fsp3) is 0.308. The molecule has 0 fully saturated rings. The van der Waals surface area contributed by atoms with Crippen molar-refractivity contribution in [1.29, 1.82) is 0 Å². The van der Waals surface area contributed by atoms with Gasteiger partial charge in [-0.1, -0.05) is 18.2 Å². The molecule has 0 aromatic heterocycles. The van der Waals surface area contributed by atoms with Crippen LogP contribution in [0.5, 0.6) is 5.75 Å². The van der Waals surface area contributed by atoms with Crippen LogP contribution < -0.4 is 15.8 Å². The molecule has 0 aliphatic rings. The Kier molecular flexibility index (Phi) is 5.23. The molecule has 0 radical (unpaired) electrons. The third-order valence-electron chi connectivity index (χ3n) is 2.20. The number of nitrogens with one attached hydrogen (secondary N) is 1. The summed E-state index contributed by atoms with van der Waals surface area (Å²) >= 11 is 0. The highest BCUT2D eigenvalue weighted by Crippen LogP contribution is 2.17. The lowest BCUT2D eigenvalue weighted by Gasteiger charge is -2.09. The number of ether oxygens (including phenoxy) is 1. The molecule has 92 valence electrons. The van der Waals surface area contributed by atoms with Crippen molar-refractivity contribution in [2.45, 2.75) is 13.0 Å². The zero-order valence-corrected chi connectivity index (χ0v) is 9.98. The molecule has 0 heterocycles. The van der Waals surface area contributed by atoms with Gasteiger partial charge in [0.05, 0.1) is 0 Å². The lowest BCUT2D eigenvalue weighted by atomic mass is 10.1. The van der Waals surface area contributed by atoms with E-state index in [1.165, 1.54) is 0 Å². The normalized spacial score (nSPS) is 11.6. The van der Waals surface area contributed by atoms with E-state index in [2.05, 4.69) is 11.9 Å². The first-order valence-corrected chi connectivity index (χ1v) is 5.49. The molecular formula is C13H18N2O2. The Morgan fingerprint density at radius 2 is 2.41 bits per heavy atom. The highest BCUT2D eigenvalue weighted by atomic mass is 16.5. The van der Waals surface area contributed by atoms with E-state index >= 15 is 0 Å². The SMILES string of the molecule is C=CCNC(=O)COc1cccc(C(C)N)c1. The minimum atomic E-state index is -0.170. The van der Waals surface area contributed by atoms with Crippen LogP contribution in [0.2, 0.25) is 0 Å². The van der Waals surface area contributed by atoms with Gasteiger partial charge in [0.25, 0.3) is 5.91 Å². The van der Waals surface area contributed by atoms with E-state index < -0.39 is 0 Å². The van der Waals surface area contributed by atoms with Crippen molar-refractivity contribution in [2.75, 3.05) is 13.2 Å².